The van der Waals surface area contributed by atoms with Gasteiger partial charge in [-0.15, -0.1) is 0 Å². The Morgan fingerprint density at radius 3 is 2.57 bits per heavy atom. The number of nitrogens with zero attached hydrogens (tertiary/aromatic N) is 3. The van der Waals surface area contributed by atoms with Crippen LogP contribution in [0.1, 0.15) is 12.5 Å². The maximum absolute atomic E-state index is 12.5. The van der Waals surface area contributed by atoms with Gasteiger partial charge in [0.1, 0.15) is 0 Å². The van der Waals surface area contributed by atoms with Crippen molar-refractivity contribution in [2.45, 2.75) is 6.92 Å². The van der Waals surface area contributed by atoms with Gasteiger partial charge in [-0.3, -0.25) is 4.79 Å². The molecule has 7 heteroatoms. The molecule has 1 saturated heterocycles. The maximum Gasteiger partial charge on any atom is 0.260 e. The van der Waals surface area contributed by atoms with Gasteiger partial charge in [0.15, 0.2) is 18.1 Å². The second kappa shape index (κ2) is 9.34. The molecule has 3 rings (SSSR count). The molecule has 0 radical (unpaired) electrons. The Balaban J connectivity index is 1.54. The van der Waals surface area contributed by atoms with E-state index in [1.807, 2.05) is 31.2 Å². The van der Waals surface area contributed by atoms with Crippen molar-refractivity contribution in [3.8, 4) is 17.6 Å². The maximum atomic E-state index is 12.5. The number of rotatable bonds is 6. The van der Waals surface area contributed by atoms with Crippen molar-refractivity contribution in [2.75, 3.05) is 44.3 Å². The van der Waals surface area contributed by atoms with Crippen molar-refractivity contribution < 1.29 is 14.3 Å². The summed E-state index contributed by atoms with van der Waals surface area (Å²) in [4.78, 5) is 16.5. The first-order valence-electron chi connectivity index (χ1n) is 9.18. The quantitative estimate of drug-likeness (QED) is 0.745. The van der Waals surface area contributed by atoms with Crippen LogP contribution in [0.3, 0.4) is 0 Å². The number of carbonyl (C=O) groups is 1. The standard InChI is InChI=1S/C21H22ClN3O3/c1-2-27-20-12-16(14-23)6-7-19(20)28-15-21(26)25-10-8-24(9-11-25)18-5-3-4-17(22)13-18/h3-7,12-13H,2,8-11,15H2,1H3. The van der Waals surface area contributed by atoms with Crippen molar-refractivity contribution in [1.82, 2.24) is 4.90 Å². The lowest BCUT2D eigenvalue weighted by molar-refractivity contribution is -0.133. The highest BCUT2D eigenvalue weighted by Gasteiger charge is 2.22. The zero-order valence-electron chi connectivity index (χ0n) is 15.7. The smallest absolute Gasteiger partial charge is 0.260 e. The van der Waals surface area contributed by atoms with Crippen molar-refractivity contribution in [3.63, 3.8) is 0 Å². The Morgan fingerprint density at radius 2 is 1.89 bits per heavy atom. The number of piperazine rings is 1. The number of carbonyl (C=O) groups excluding carboxylic acids is 1. The van der Waals surface area contributed by atoms with Crippen LogP contribution >= 0.6 is 11.6 Å². The summed E-state index contributed by atoms with van der Waals surface area (Å²) in [5.74, 6) is 0.865. The molecule has 0 saturated carbocycles. The minimum Gasteiger partial charge on any atom is -0.490 e. The van der Waals surface area contributed by atoms with Crippen LogP contribution in [0.25, 0.3) is 0 Å². The highest BCUT2D eigenvalue weighted by atomic mass is 35.5. The van der Waals surface area contributed by atoms with Gasteiger partial charge >= 0.3 is 0 Å². The van der Waals surface area contributed by atoms with Crippen molar-refractivity contribution in [2.24, 2.45) is 0 Å². The van der Waals surface area contributed by atoms with Crippen LogP contribution < -0.4 is 14.4 Å². The molecule has 0 bridgehead atoms. The number of amides is 1. The topological polar surface area (TPSA) is 65.8 Å². The zero-order valence-corrected chi connectivity index (χ0v) is 16.5. The van der Waals surface area contributed by atoms with Gasteiger partial charge in [-0.2, -0.15) is 5.26 Å². The molecule has 2 aromatic rings. The summed E-state index contributed by atoms with van der Waals surface area (Å²) in [6.07, 6.45) is 0. The van der Waals surface area contributed by atoms with E-state index in [4.69, 9.17) is 26.3 Å². The monoisotopic (exact) mass is 399 g/mol. The van der Waals surface area contributed by atoms with Crippen molar-refractivity contribution in [1.29, 1.82) is 5.26 Å². The average Bonchev–Trinajstić information content (AvgIpc) is 2.73. The van der Waals surface area contributed by atoms with Crippen molar-refractivity contribution >= 4 is 23.2 Å². The molecular weight excluding hydrogens is 378 g/mol. The van der Waals surface area contributed by atoms with E-state index >= 15 is 0 Å². The van der Waals surface area contributed by atoms with Gasteiger partial charge < -0.3 is 19.3 Å². The van der Waals surface area contributed by atoms with E-state index in [0.29, 0.717) is 41.8 Å². The van der Waals surface area contributed by atoms with Gasteiger partial charge in [0.05, 0.1) is 18.2 Å². The number of hydrogen-bond donors (Lipinski definition) is 0. The Labute approximate surface area is 169 Å². The van der Waals surface area contributed by atoms with Crippen LogP contribution in [0.5, 0.6) is 11.5 Å². The SMILES string of the molecule is CCOc1cc(C#N)ccc1OCC(=O)N1CCN(c2cccc(Cl)c2)CC1. The van der Waals surface area contributed by atoms with Gasteiger partial charge in [0.2, 0.25) is 0 Å². The lowest BCUT2D eigenvalue weighted by Crippen LogP contribution is -2.50. The summed E-state index contributed by atoms with van der Waals surface area (Å²) >= 11 is 6.06. The fourth-order valence-electron chi connectivity index (χ4n) is 3.08. The molecule has 0 atom stereocenters. The molecule has 28 heavy (non-hydrogen) atoms. The molecule has 1 aliphatic rings. The van der Waals surface area contributed by atoms with Gasteiger partial charge in [-0.05, 0) is 37.3 Å². The van der Waals surface area contributed by atoms with E-state index in [9.17, 15) is 4.79 Å². The molecule has 1 amide bonds. The summed E-state index contributed by atoms with van der Waals surface area (Å²) in [6.45, 7) is 4.97. The van der Waals surface area contributed by atoms with E-state index < -0.39 is 0 Å². The van der Waals surface area contributed by atoms with Crippen LogP contribution in [0.2, 0.25) is 5.02 Å². The molecule has 0 spiro atoms. The van der Waals surface area contributed by atoms with Crippen LogP contribution in [0, 0.1) is 11.3 Å². The fourth-order valence-corrected chi connectivity index (χ4v) is 3.27. The minimum atomic E-state index is -0.0717. The molecule has 6 nitrogen and oxygen atoms in total. The number of nitriles is 1. The molecule has 2 aromatic carbocycles. The first-order valence-corrected chi connectivity index (χ1v) is 9.56. The lowest BCUT2D eigenvalue weighted by atomic mass is 10.2. The van der Waals surface area contributed by atoms with Gasteiger partial charge in [0, 0.05) is 43.0 Å². The first-order chi connectivity index (χ1) is 13.6. The number of halogens is 1. The zero-order chi connectivity index (χ0) is 19.9. The molecule has 146 valence electrons. The summed E-state index contributed by atoms with van der Waals surface area (Å²) in [7, 11) is 0. The molecule has 0 aliphatic carbocycles. The third-order valence-electron chi connectivity index (χ3n) is 4.53. The molecule has 1 heterocycles. The van der Waals surface area contributed by atoms with Crippen LogP contribution in [-0.2, 0) is 4.79 Å². The molecule has 0 aromatic heterocycles. The Hall–Kier alpha value is -2.91. The summed E-state index contributed by atoms with van der Waals surface area (Å²) in [6, 6.07) is 14.7. The number of benzene rings is 2. The van der Waals surface area contributed by atoms with E-state index in [1.54, 1.807) is 23.1 Å². The molecule has 0 unspecified atom stereocenters. The van der Waals surface area contributed by atoms with E-state index in [1.165, 1.54) is 0 Å². The highest BCUT2D eigenvalue weighted by Crippen LogP contribution is 2.28. The van der Waals surface area contributed by atoms with Crippen LogP contribution in [-0.4, -0.2) is 50.2 Å². The normalized spacial score (nSPS) is 13.8. The first kappa shape index (κ1) is 19.8. The van der Waals surface area contributed by atoms with E-state index in [-0.39, 0.29) is 12.5 Å². The number of ether oxygens (including phenoxy) is 2. The Morgan fingerprint density at radius 1 is 1.11 bits per heavy atom. The average molecular weight is 400 g/mol. The van der Waals surface area contributed by atoms with Crippen molar-refractivity contribution in [3.05, 3.63) is 53.1 Å². The summed E-state index contributed by atoms with van der Waals surface area (Å²) in [5.41, 5.74) is 1.55. The third kappa shape index (κ3) is 4.87. The molecule has 1 aliphatic heterocycles. The van der Waals surface area contributed by atoms with Crippen LogP contribution in [0.4, 0.5) is 5.69 Å². The minimum absolute atomic E-state index is 0.0663. The van der Waals surface area contributed by atoms with Gasteiger partial charge in [-0.25, -0.2) is 0 Å². The second-order valence-corrected chi connectivity index (χ2v) is 6.78. The molecule has 0 N–H and O–H groups in total. The van der Waals surface area contributed by atoms with Gasteiger partial charge in [0.25, 0.3) is 5.91 Å². The Bertz CT molecular complexity index is 873. The van der Waals surface area contributed by atoms with E-state index in [0.717, 1.165) is 18.8 Å². The predicted molar refractivity (Wildman–Crippen MR) is 108 cm³/mol. The lowest BCUT2D eigenvalue weighted by Gasteiger charge is -2.36. The van der Waals surface area contributed by atoms with E-state index in [2.05, 4.69) is 11.0 Å². The highest BCUT2D eigenvalue weighted by molar-refractivity contribution is 6.30. The Kier molecular flexibility index (Phi) is 6.62. The number of hydrogen-bond acceptors (Lipinski definition) is 5. The number of anilines is 1. The fraction of sp³-hybridized carbons (Fsp3) is 0.333. The third-order valence-corrected chi connectivity index (χ3v) is 4.76. The molecular formula is C21H22ClN3O3. The largest absolute Gasteiger partial charge is 0.490 e. The second-order valence-electron chi connectivity index (χ2n) is 6.34. The van der Waals surface area contributed by atoms with Crippen LogP contribution in [0.15, 0.2) is 42.5 Å². The van der Waals surface area contributed by atoms with Gasteiger partial charge in [-0.1, -0.05) is 17.7 Å². The predicted octanol–water partition coefficient (Wildman–Crippen LogP) is 3.34. The summed E-state index contributed by atoms with van der Waals surface area (Å²) < 4.78 is 11.2. The molecule has 1 fully saturated rings. The summed E-state index contributed by atoms with van der Waals surface area (Å²) in [5, 5.41) is 9.72.